The second-order valence-electron chi connectivity index (χ2n) is 0. The van der Waals surface area contributed by atoms with Crippen molar-refractivity contribution < 1.29 is 159 Å². The van der Waals surface area contributed by atoms with Crippen LogP contribution >= 0.6 is 9.55 Å². The molecule has 0 saturated carbocycles. The molecular weight excluding hydrogens is 165 g/mol. The number of hydrogen-bond acceptors (Lipinski definition) is 0. The molecule has 1 atom stereocenters. The first-order valence-corrected chi connectivity index (χ1v) is 0.655. The van der Waals surface area contributed by atoms with E-state index in [0.29, 0.717) is 0 Å². The summed E-state index contributed by atoms with van der Waals surface area (Å²) in [5, 5.41) is 0. The fourth-order valence-electron chi connectivity index (χ4n) is 0. The van der Waals surface area contributed by atoms with E-state index in [1.165, 1.54) is 0 Å². The van der Waals surface area contributed by atoms with E-state index in [9.17, 15) is 4.20 Å². The van der Waals surface area contributed by atoms with Crippen LogP contribution in [0.1, 0.15) is 7.13 Å². The second kappa shape index (κ2) is 42.4. The predicted molar refractivity (Wildman–Crippen MR) is 16.4 cm³/mol. The molecule has 0 aliphatic rings. The van der Waals surface area contributed by atoms with Crippen molar-refractivity contribution in [1.82, 2.24) is 0 Å². The third-order valence-corrected chi connectivity index (χ3v) is 0. The van der Waals surface area contributed by atoms with Crippen LogP contribution in [-0.4, -0.2) is 0 Å². The van der Waals surface area contributed by atoms with Crippen LogP contribution in [0.15, 0.2) is 0 Å². The Morgan fingerprint density at radius 3 is 0.714 bits per heavy atom. The van der Waals surface area contributed by atoms with Gasteiger partial charge in [-0.15, -0.1) is 0 Å². The van der Waals surface area contributed by atoms with Gasteiger partial charge in [0.2, 0.25) is 0 Å². The minimum atomic E-state index is 0. The summed E-state index contributed by atoms with van der Waals surface area (Å²) in [5.41, 5.74) is 0. The van der Waals surface area contributed by atoms with Crippen LogP contribution in [0.4, 0.5) is 4.20 Å². The Bertz CT molecular complexity index is 19.8. The second-order valence-corrected chi connectivity index (χ2v) is 0. The van der Waals surface area contributed by atoms with Crippen molar-refractivity contribution in [2.75, 3.05) is 0 Å². The van der Waals surface area contributed by atoms with Gasteiger partial charge in [-0.1, -0.05) is 0 Å². The van der Waals surface area contributed by atoms with Gasteiger partial charge in [0.05, 0.1) is 9.55 Å². The molecule has 0 amide bonds. The van der Waals surface area contributed by atoms with Gasteiger partial charge in [-0.05, 0) is 0 Å². The third-order valence-electron chi connectivity index (χ3n) is 0. The molecule has 0 spiro atoms. The predicted octanol–water partition coefficient (Wildman–Crippen LogP) is -13.7. The van der Waals surface area contributed by atoms with E-state index in [2.05, 4.69) is 0 Å². The van der Waals surface area contributed by atoms with E-state index in [-0.39, 0.29) is 155 Å². The molecule has 0 aromatic carbocycles. The zero-order chi connectivity index (χ0) is 2.00. The summed E-state index contributed by atoms with van der Waals surface area (Å²) in [5.74, 6) is 0. The summed E-state index contributed by atoms with van der Waals surface area (Å²) in [4.78, 5) is 0. The van der Waals surface area contributed by atoms with Crippen LogP contribution < -0.4 is 148 Å². The fourth-order valence-corrected chi connectivity index (χ4v) is 0. The summed E-state index contributed by atoms with van der Waals surface area (Å²) in [6.45, 7) is 0. The Morgan fingerprint density at radius 1 is 0.714 bits per heavy atom. The first-order chi connectivity index (χ1) is 1.00. The van der Waals surface area contributed by atoms with Crippen molar-refractivity contribution in [1.29, 1.82) is 0 Å². The van der Waals surface area contributed by atoms with Crippen LogP contribution in [0.25, 0.3) is 0 Å². The monoisotopic (exact) mass is 172 g/mol. The van der Waals surface area contributed by atoms with Crippen molar-refractivity contribution in [2.45, 2.75) is 0 Å². The Hall–Kier alpha value is 5.36. The minimum Gasteiger partial charge on any atom is -1.00 e. The number of halogens is 1. The molecule has 0 aromatic heterocycles. The van der Waals surface area contributed by atoms with Gasteiger partial charge in [0.1, 0.15) is 0 Å². The first kappa shape index (κ1) is 39.4. The zero-order valence-corrected chi connectivity index (χ0v) is 17.1. The van der Waals surface area contributed by atoms with Gasteiger partial charge < -0.3 is 7.13 Å². The zero-order valence-electron chi connectivity index (χ0n) is 11.0. The van der Waals surface area contributed by atoms with Gasteiger partial charge in [0, 0.05) is 0 Å². The van der Waals surface area contributed by atoms with Crippen molar-refractivity contribution >= 4 is 9.55 Å². The van der Waals surface area contributed by atoms with Crippen molar-refractivity contribution in [3.63, 3.8) is 0 Å². The molecular formula is H7FNa5P. The Labute approximate surface area is 164 Å². The molecule has 7 heteroatoms. The SMILES string of the molecule is FP.[H-].[H-].[H-].[H-].[H-].[Na+].[Na+].[Na+].[Na+].[Na+]. The van der Waals surface area contributed by atoms with E-state index < -0.39 is 0 Å². The Balaban J connectivity index is -0.000000000111. The molecule has 7 heavy (non-hydrogen) atoms. The van der Waals surface area contributed by atoms with Crippen LogP contribution in [0.3, 0.4) is 0 Å². The maximum absolute atomic E-state index is 9.42. The molecule has 0 saturated heterocycles. The van der Waals surface area contributed by atoms with Crippen molar-refractivity contribution in [3.8, 4) is 0 Å². The quantitative estimate of drug-likeness (QED) is 0.251. The number of hydrogen-bond donors (Lipinski definition) is 0. The van der Waals surface area contributed by atoms with Crippen LogP contribution in [0, 0.1) is 0 Å². The van der Waals surface area contributed by atoms with Gasteiger partial charge >= 0.3 is 148 Å². The van der Waals surface area contributed by atoms with Gasteiger partial charge in [-0.2, -0.15) is 0 Å². The number of rotatable bonds is 0. The topological polar surface area (TPSA) is 0 Å². The molecule has 0 radical (unpaired) electrons. The summed E-state index contributed by atoms with van der Waals surface area (Å²) < 4.78 is 9.42. The van der Waals surface area contributed by atoms with Gasteiger partial charge in [0.15, 0.2) is 0 Å². The molecule has 0 N–H and O–H groups in total. The van der Waals surface area contributed by atoms with E-state index in [1.54, 1.807) is 0 Å². The van der Waals surface area contributed by atoms with Crippen molar-refractivity contribution in [2.24, 2.45) is 0 Å². The minimum absolute atomic E-state index is 0. The third kappa shape index (κ3) is 34.6. The van der Waals surface area contributed by atoms with Gasteiger partial charge in [-0.3, -0.25) is 0 Å². The molecule has 0 nitrogen and oxygen atoms in total. The molecule has 0 rings (SSSR count). The Kier molecular flexibility index (Phi) is 239. The normalized spacial score (nSPS) is 0.857. The van der Waals surface area contributed by atoms with Crippen LogP contribution in [0.2, 0.25) is 0 Å². The van der Waals surface area contributed by atoms with E-state index in [4.69, 9.17) is 0 Å². The van der Waals surface area contributed by atoms with E-state index >= 15 is 0 Å². The Morgan fingerprint density at radius 2 is 0.714 bits per heavy atom. The largest absolute Gasteiger partial charge is 1.00 e. The van der Waals surface area contributed by atoms with E-state index in [1.807, 2.05) is 0 Å². The van der Waals surface area contributed by atoms with Gasteiger partial charge in [-0.25, -0.2) is 4.20 Å². The fraction of sp³-hybridized carbons (Fsp3) is 0. The standard InChI is InChI=1S/FH2P.5Na.5H/c1-2;;;;;;;;;;/h2H2;;;;;;;;;;/q;5*+1;5*-1. The smallest absolute Gasteiger partial charge is 1.00 e. The van der Waals surface area contributed by atoms with Crippen LogP contribution in [-0.2, 0) is 0 Å². The first-order valence-electron chi connectivity index (χ1n) is 0.218. The van der Waals surface area contributed by atoms with E-state index in [0.717, 1.165) is 9.55 Å². The maximum Gasteiger partial charge on any atom is 1.00 e. The molecule has 0 bridgehead atoms. The van der Waals surface area contributed by atoms with Crippen LogP contribution in [0.5, 0.6) is 0 Å². The average Bonchev–Trinajstić information content (AvgIpc) is 1.00. The molecule has 1 unspecified atom stereocenters. The molecule has 0 fully saturated rings. The summed E-state index contributed by atoms with van der Waals surface area (Å²) in [6, 6.07) is 0. The molecule has 0 heterocycles. The molecule has 0 aromatic rings. The van der Waals surface area contributed by atoms with Crippen molar-refractivity contribution in [3.05, 3.63) is 0 Å². The summed E-state index contributed by atoms with van der Waals surface area (Å²) in [7, 11) is 0.917. The average molecular weight is 172 g/mol. The van der Waals surface area contributed by atoms with Gasteiger partial charge in [0.25, 0.3) is 0 Å². The maximum atomic E-state index is 9.42. The molecule has 24 valence electrons. The molecule has 0 aliphatic carbocycles. The summed E-state index contributed by atoms with van der Waals surface area (Å²) >= 11 is 0. The summed E-state index contributed by atoms with van der Waals surface area (Å²) in [6.07, 6.45) is 0. The molecule has 0 aliphatic heterocycles.